The normalized spacial score (nSPS) is 12.3. The minimum Gasteiger partial charge on any atom is -0.481 e. The molecule has 1 atom stereocenters. The fourth-order valence-corrected chi connectivity index (χ4v) is 4.25. The Bertz CT molecular complexity index is 834. The highest BCUT2D eigenvalue weighted by Crippen LogP contribution is 2.24. The van der Waals surface area contributed by atoms with Gasteiger partial charge in [0.2, 0.25) is 5.91 Å². The molecule has 0 saturated carbocycles. The number of fused-ring (bicyclic) bond motifs is 1. The summed E-state index contributed by atoms with van der Waals surface area (Å²) in [5.74, 6) is -0.232. The van der Waals surface area contributed by atoms with Gasteiger partial charge in [-0.1, -0.05) is 68.7 Å². The molecule has 1 amide bonds. The van der Waals surface area contributed by atoms with Gasteiger partial charge in [0.1, 0.15) is 0 Å². The molecule has 0 bridgehead atoms. The van der Waals surface area contributed by atoms with Crippen molar-refractivity contribution in [2.45, 2.75) is 69.2 Å². The minimum absolute atomic E-state index is 0.0469. The fourth-order valence-electron chi connectivity index (χ4n) is 3.23. The Labute approximate surface area is 184 Å². The highest BCUT2D eigenvalue weighted by Gasteiger charge is 2.14. The van der Waals surface area contributed by atoms with Gasteiger partial charge in [0, 0.05) is 29.5 Å². The van der Waals surface area contributed by atoms with Crippen LogP contribution in [0.25, 0.3) is 10.8 Å². The van der Waals surface area contributed by atoms with E-state index in [4.69, 9.17) is 5.11 Å². The predicted octanol–water partition coefficient (Wildman–Crippen LogP) is 6.20. The molecular formula is C25H33NO3S. The van der Waals surface area contributed by atoms with Crippen LogP contribution in [0.5, 0.6) is 0 Å². The van der Waals surface area contributed by atoms with Gasteiger partial charge in [0.05, 0.1) is 0 Å². The second-order valence-electron chi connectivity index (χ2n) is 7.54. The number of carbonyl (C=O) groups is 2. The lowest BCUT2D eigenvalue weighted by Crippen LogP contribution is -2.36. The first kappa shape index (κ1) is 24.0. The Hall–Kier alpha value is -2.27. The van der Waals surface area contributed by atoms with Crippen molar-refractivity contribution in [1.82, 2.24) is 5.32 Å². The zero-order valence-electron chi connectivity index (χ0n) is 17.8. The van der Waals surface area contributed by atoms with E-state index in [-0.39, 0.29) is 18.4 Å². The van der Waals surface area contributed by atoms with Crippen LogP contribution in [0.2, 0.25) is 0 Å². The lowest BCUT2D eigenvalue weighted by atomic mass is 10.1. The Balaban J connectivity index is 1.83. The zero-order valence-corrected chi connectivity index (χ0v) is 18.6. The molecule has 0 radical (unpaired) electrons. The molecule has 2 aromatic carbocycles. The maximum atomic E-state index is 12.3. The molecule has 30 heavy (non-hydrogen) atoms. The standard InChI is InChI=1S/C25H33NO3S/c1-2-3-4-5-6-7-8-13-24(27)26-22(15-17-25(28)29)19-30-23-16-14-20-11-9-10-12-21(20)18-23/h7-12,14,16,18,22H,2-6,13,15,17,19H2,1H3,(H,26,27)(H,28,29)/t22-/m0/s1. The number of hydrogen-bond donors (Lipinski definition) is 2. The molecule has 0 aliphatic rings. The number of amides is 1. The van der Waals surface area contributed by atoms with Gasteiger partial charge >= 0.3 is 5.97 Å². The van der Waals surface area contributed by atoms with Gasteiger partial charge in [-0.25, -0.2) is 0 Å². The smallest absolute Gasteiger partial charge is 0.303 e. The number of allylic oxidation sites excluding steroid dienone is 1. The molecule has 2 aromatic rings. The van der Waals surface area contributed by atoms with E-state index in [0.29, 0.717) is 18.6 Å². The van der Waals surface area contributed by atoms with Crippen molar-refractivity contribution in [2.24, 2.45) is 0 Å². The Morgan fingerprint density at radius 2 is 1.87 bits per heavy atom. The molecule has 0 saturated heterocycles. The van der Waals surface area contributed by atoms with E-state index >= 15 is 0 Å². The topological polar surface area (TPSA) is 66.4 Å². The fraction of sp³-hybridized carbons (Fsp3) is 0.440. The summed E-state index contributed by atoms with van der Waals surface area (Å²) in [5.41, 5.74) is 0. The van der Waals surface area contributed by atoms with Gasteiger partial charge in [-0.05, 0) is 42.2 Å². The number of carboxylic acids is 1. The molecule has 4 nitrogen and oxygen atoms in total. The van der Waals surface area contributed by atoms with Crippen molar-refractivity contribution in [3.05, 3.63) is 54.6 Å². The van der Waals surface area contributed by atoms with E-state index in [9.17, 15) is 9.59 Å². The molecule has 0 spiro atoms. The summed E-state index contributed by atoms with van der Waals surface area (Å²) in [6.45, 7) is 2.19. The first-order valence-electron chi connectivity index (χ1n) is 10.9. The number of rotatable bonds is 14. The average Bonchev–Trinajstić information content (AvgIpc) is 2.74. The van der Waals surface area contributed by atoms with Gasteiger partial charge in [-0.15, -0.1) is 11.8 Å². The van der Waals surface area contributed by atoms with Crippen LogP contribution >= 0.6 is 11.8 Å². The summed E-state index contributed by atoms with van der Waals surface area (Å²) < 4.78 is 0. The predicted molar refractivity (Wildman–Crippen MR) is 126 cm³/mol. The molecular weight excluding hydrogens is 394 g/mol. The molecule has 162 valence electrons. The first-order valence-corrected chi connectivity index (χ1v) is 11.8. The Kier molecular flexibility index (Phi) is 11.1. The van der Waals surface area contributed by atoms with E-state index in [2.05, 4.69) is 48.6 Å². The van der Waals surface area contributed by atoms with Crippen LogP contribution in [-0.4, -0.2) is 28.8 Å². The number of hydrogen-bond acceptors (Lipinski definition) is 3. The maximum absolute atomic E-state index is 12.3. The van der Waals surface area contributed by atoms with Crippen LogP contribution in [0.3, 0.4) is 0 Å². The summed E-state index contributed by atoms with van der Waals surface area (Å²) in [5, 5.41) is 14.4. The highest BCUT2D eigenvalue weighted by atomic mass is 32.2. The van der Waals surface area contributed by atoms with Gasteiger partial charge in [-0.3, -0.25) is 9.59 Å². The Morgan fingerprint density at radius 3 is 2.63 bits per heavy atom. The molecule has 2 rings (SSSR count). The van der Waals surface area contributed by atoms with Gasteiger partial charge < -0.3 is 10.4 Å². The zero-order chi connectivity index (χ0) is 21.6. The third-order valence-electron chi connectivity index (χ3n) is 4.94. The second-order valence-corrected chi connectivity index (χ2v) is 8.64. The van der Waals surface area contributed by atoms with E-state index in [1.165, 1.54) is 30.0 Å². The van der Waals surface area contributed by atoms with E-state index in [1.807, 2.05) is 18.2 Å². The van der Waals surface area contributed by atoms with Crippen LogP contribution in [0.1, 0.15) is 58.3 Å². The second kappa shape index (κ2) is 13.9. The van der Waals surface area contributed by atoms with E-state index in [0.717, 1.165) is 17.7 Å². The number of unbranched alkanes of at least 4 members (excludes halogenated alkanes) is 4. The number of benzene rings is 2. The first-order chi connectivity index (χ1) is 14.6. The lowest BCUT2D eigenvalue weighted by molar-refractivity contribution is -0.137. The molecule has 0 aliphatic heterocycles. The maximum Gasteiger partial charge on any atom is 0.303 e. The van der Waals surface area contributed by atoms with Crippen LogP contribution < -0.4 is 5.32 Å². The van der Waals surface area contributed by atoms with Gasteiger partial charge in [0.15, 0.2) is 0 Å². The lowest BCUT2D eigenvalue weighted by Gasteiger charge is -2.17. The molecule has 0 heterocycles. The summed E-state index contributed by atoms with van der Waals surface area (Å²) in [6, 6.07) is 14.3. The number of aliphatic carboxylic acids is 1. The largest absolute Gasteiger partial charge is 0.481 e. The van der Waals surface area contributed by atoms with E-state index in [1.54, 1.807) is 11.8 Å². The number of nitrogens with one attached hydrogen (secondary N) is 1. The van der Waals surface area contributed by atoms with Crippen LogP contribution in [0.4, 0.5) is 0 Å². The van der Waals surface area contributed by atoms with Gasteiger partial charge in [0.25, 0.3) is 0 Å². The number of carboxylic acid groups (broad SMARTS) is 1. The monoisotopic (exact) mass is 427 g/mol. The number of carbonyl (C=O) groups excluding carboxylic acids is 1. The summed E-state index contributed by atoms with van der Waals surface area (Å²) in [6.07, 6.45) is 10.7. The molecule has 2 N–H and O–H groups in total. The summed E-state index contributed by atoms with van der Waals surface area (Å²) in [4.78, 5) is 24.4. The summed E-state index contributed by atoms with van der Waals surface area (Å²) in [7, 11) is 0. The van der Waals surface area contributed by atoms with Gasteiger partial charge in [-0.2, -0.15) is 0 Å². The van der Waals surface area contributed by atoms with Crippen molar-refractivity contribution >= 4 is 34.4 Å². The molecule has 0 fully saturated rings. The third-order valence-corrected chi connectivity index (χ3v) is 6.09. The highest BCUT2D eigenvalue weighted by molar-refractivity contribution is 7.99. The molecule has 0 aliphatic carbocycles. The molecule has 0 unspecified atom stereocenters. The SMILES string of the molecule is CCCCCCC=CCC(=O)N[C@@H](CCC(=O)O)CSc1ccc2ccccc2c1. The van der Waals surface area contributed by atoms with Crippen molar-refractivity contribution in [3.63, 3.8) is 0 Å². The van der Waals surface area contributed by atoms with Crippen molar-refractivity contribution in [2.75, 3.05) is 5.75 Å². The number of thioether (sulfide) groups is 1. The van der Waals surface area contributed by atoms with Crippen molar-refractivity contribution in [3.8, 4) is 0 Å². The molecule has 5 heteroatoms. The average molecular weight is 428 g/mol. The van der Waals surface area contributed by atoms with E-state index < -0.39 is 5.97 Å². The third kappa shape index (κ3) is 9.49. The molecule has 0 aromatic heterocycles. The quantitative estimate of drug-likeness (QED) is 0.214. The minimum atomic E-state index is -0.836. The summed E-state index contributed by atoms with van der Waals surface area (Å²) >= 11 is 1.65. The van der Waals surface area contributed by atoms with Crippen molar-refractivity contribution in [1.29, 1.82) is 0 Å². The van der Waals surface area contributed by atoms with Crippen LogP contribution in [-0.2, 0) is 9.59 Å². The van der Waals surface area contributed by atoms with Crippen LogP contribution in [0.15, 0.2) is 59.5 Å². The van der Waals surface area contributed by atoms with Crippen LogP contribution in [0, 0.1) is 0 Å². The van der Waals surface area contributed by atoms with Crippen molar-refractivity contribution < 1.29 is 14.7 Å². The Morgan fingerprint density at radius 1 is 1.07 bits per heavy atom.